The second-order valence-electron chi connectivity index (χ2n) is 18.0. The number of carbonyl (C=O) groups excluding carboxylic acids is 4. The minimum Gasteiger partial charge on any atom is -0.497 e. The second kappa shape index (κ2) is 16.5. The summed E-state index contributed by atoms with van der Waals surface area (Å²) in [5.41, 5.74) is 0.861. The Morgan fingerprint density at radius 1 is 1.05 bits per heavy atom. The summed E-state index contributed by atoms with van der Waals surface area (Å²) in [4.78, 5) is 62.9. The topological polar surface area (TPSA) is 192 Å². The molecule has 2 aromatic rings. The summed E-state index contributed by atoms with van der Waals surface area (Å²) in [6.07, 6.45) is 12.4. The molecule has 326 valence electrons. The third kappa shape index (κ3) is 9.14. The quantitative estimate of drug-likeness (QED) is 0.290. The lowest BCUT2D eigenvalue weighted by Gasteiger charge is -2.30. The number of hydrogen-bond donors (Lipinski definition) is 3. The monoisotopic (exact) mass is 857 g/mol. The molecule has 2 saturated carbocycles. The normalized spacial score (nSPS) is 29.1. The highest BCUT2D eigenvalue weighted by Gasteiger charge is 2.62. The Balaban J connectivity index is 1.13. The van der Waals surface area contributed by atoms with Gasteiger partial charge >= 0.3 is 6.09 Å². The molecule has 1 aromatic carbocycles. The minimum absolute atomic E-state index is 0.0239. The van der Waals surface area contributed by atoms with Gasteiger partial charge in [-0.15, -0.1) is 0 Å². The zero-order valence-corrected chi connectivity index (χ0v) is 36.1. The van der Waals surface area contributed by atoms with E-state index < -0.39 is 74.3 Å². The smallest absolute Gasteiger partial charge is 0.408 e. The number of allylic oxidation sites excluding steroid dienone is 3. The molecule has 3 N–H and O–H groups in total. The van der Waals surface area contributed by atoms with Crippen LogP contribution in [0.5, 0.6) is 17.2 Å². The number of benzene rings is 1. The zero-order chi connectivity index (χ0) is 43.3. The van der Waals surface area contributed by atoms with E-state index in [1.807, 2.05) is 55.5 Å². The fourth-order valence-electron chi connectivity index (χ4n) is 8.63. The summed E-state index contributed by atoms with van der Waals surface area (Å²) in [5.74, 6) is -0.997. The molecule has 3 aliphatic carbocycles. The minimum atomic E-state index is -3.92. The van der Waals surface area contributed by atoms with Gasteiger partial charge in [0.1, 0.15) is 41.2 Å². The van der Waals surface area contributed by atoms with Crippen molar-refractivity contribution in [3.8, 4) is 28.5 Å². The van der Waals surface area contributed by atoms with E-state index in [0.717, 1.165) is 24.0 Å². The first kappa shape index (κ1) is 42.3. The van der Waals surface area contributed by atoms with Gasteiger partial charge in [-0.2, -0.15) is 0 Å². The van der Waals surface area contributed by atoms with Crippen molar-refractivity contribution in [2.24, 2.45) is 5.92 Å². The van der Waals surface area contributed by atoms with Crippen LogP contribution in [-0.2, 0) is 29.1 Å². The molecule has 1 saturated heterocycles. The van der Waals surface area contributed by atoms with Crippen molar-refractivity contribution in [2.45, 2.75) is 132 Å². The van der Waals surface area contributed by atoms with Crippen LogP contribution in [0.1, 0.15) is 97.1 Å². The number of pyridine rings is 1. The Morgan fingerprint density at radius 3 is 2.54 bits per heavy atom. The van der Waals surface area contributed by atoms with Crippen molar-refractivity contribution in [1.82, 2.24) is 25.2 Å². The lowest BCUT2D eigenvalue weighted by molar-refractivity contribution is -0.141. The Kier molecular flexibility index (Phi) is 11.4. The molecule has 1 aromatic heterocycles. The van der Waals surface area contributed by atoms with Crippen LogP contribution in [0.15, 0.2) is 66.3 Å². The molecule has 2 unspecified atom stereocenters. The van der Waals surface area contributed by atoms with Crippen molar-refractivity contribution in [1.29, 1.82) is 0 Å². The van der Waals surface area contributed by atoms with Crippen LogP contribution in [-0.4, -0.2) is 96.5 Å². The summed E-state index contributed by atoms with van der Waals surface area (Å²) >= 11 is 0. The van der Waals surface area contributed by atoms with E-state index in [9.17, 15) is 27.6 Å². The third-order valence-corrected chi connectivity index (χ3v) is 13.9. The Bertz CT molecular complexity index is 2280. The van der Waals surface area contributed by atoms with Crippen molar-refractivity contribution in [3.63, 3.8) is 0 Å². The molecular weight excluding hydrogens is 803 g/mol. The molecule has 4 amide bonds. The number of nitrogens with one attached hydrogen (secondary N) is 3. The molecule has 0 spiro atoms. The third-order valence-electron chi connectivity index (χ3n) is 12.1. The number of alkyl carbamates (subject to hydrolysis) is 1. The van der Waals surface area contributed by atoms with Crippen LogP contribution in [0, 0.1) is 5.92 Å². The standard InChI is InChI=1S/C45H55N5O10S/c1-26-13-20-36-32(21-26)38-39(59-36)37(23-34(46-38)27-14-16-29(57-5)17-15-27)58-30-22-35-40(51)48-45(42(53)49-61(55,56)31-18-19-31)24-28(45)11-9-7-6-8-10-12-33(41(52)50(35)25-30)47-43(54)60-44(2,3)4/h9,11,13-17,20-21,23,28,30-33,35-36H,6-8,10,12,18-19,22,24-25H2,1-5H3,(H,47,54)(H,48,51)(H,49,53)/b11-9-/t28-,30-,32?,33+,35+,36?,45-/m1/s1. The van der Waals surface area contributed by atoms with E-state index in [1.165, 1.54) is 4.90 Å². The van der Waals surface area contributed by atoms with Gasteiger partial charge < -0.3 is 34.5 Å². The number of methoxy groups -OCH3 is 1. The predicted molar refractivity (Wildman–Crippen MR) is 225 cm³/mol. The maximum Gasteiger partial charge on any atom is 0.408 e. The molecule has 0 radical (unpaired) electrons. The molecule has 16 heteroatoms. The van der Waals surface area contributed by atoms with E-state index in [-0.39, 0.29) is 31.4 Å². The molecule has 6 aliphatic rings. The van der Waals surface area contributed by atoms with Gasteiger partial charge in [0.05, 0.1) is 36.2 Å². The van der Waals surface area contributed by atoms with Crippen LogP contribution < -0.4 is 29.6 Å². The van der Waals surface area contributed by atoms with Gasteiger partial charge in [-0.3, -0.25) is 19.1 Å². The van der Waals surface area contributed by atoms with E-state index in [1.54, 1.807) is 33.9 Å². The Morgan fingerprint density at radius 2 is 1.82 bits per heavy atom. The van der Waals surface area contributed by atoms with Gasteiger partial charge in [-0.05, 0) is 96.6 Å². The number of nitrogens with zero attached hydrogens (tertiary/aromatic N) is 2. The molecule has 7 atom stereocenters. The number of carbonyl (C=O) groups is 4. The van der Waals surface area contributed by atoms with Gasteiger partial charge in [-0.25, -0.2) is 18.2 Å². The van der Waals surface area contributed by atoms with Crippen molar-refractivity contribution in [2.75, 3.05) is 13.7 Å². The number of fused-ring (bicyclic) bond motifs is 5. The maximum absolute atomic E-state index is 14.8. The van der Waals surface area contributed by atoms with Gasteiger partial charge in [0, 0.05) is 24.0 Å². The lowest BCUT2D eigenvalue weighted by Crippen LogP contribution is -2.58. The Hall–Kier alpha value is -5.38. The van der Waals surface area contributed by atoms with Crippen LogP contribution in [0.25, 0.3) is 11.3 Å². The second-order valence-corrected chi connectivity index (χ2v) is 20.0. The molecule has 15 nitrogen and oxygen atoms in total. The fourth-order valence-corrected chi connectivity index (χ4v) is 9.99. The molecule has 0 bridgehead atoms. The maximum atomic E-state index is 14.8. The average Bonchev–Trinajstić information content (AvgIpc) is 4.11. The molecular formula is C45H55N5O10S. The Labute approximate surface area is 356 Å². The summed E-state index contributed by atoms with van der Waals surface area (Å²) in [6, 6.07) is 7.13. The number of aromatic nitrogens is 1. The van der Waals surface area contributed by atoms with Gasteiger partial charge in [-0.1, -0.05) is 42.7 Å². The van der Waals surface area contributed by atoms with E-state index in [0.29, 0.717) is 60.7 Å². The number of amides is 4. The van der Waals surface area contributed by atoms with Gasteiger partial charge in [0.25, 0.3) is 5.91 Å². The molecule has 61 heavy (non-hydrogen) atoms. The lowest BCUT2D eigenvalue weighted by atomic mass is 9.92. The van der Waals surface area contributed by atoms with Crippen molar-refractivity contribution >= 4 is 33.8 Å². The SMILES string of the molecule is COc1ccc(-c2cc(O[C@@H]3C[C@H]4C(=O)N[C@]5(C(=O)NS(=O)(=O)C6CC6)C[C@H]5/C=C\CCCCC[C@H](NC(=O)OC(C)(C)C)C(=O)N4C3)c3c(n2)C2C=C(C)C=CC2O3)cc1. The van der Waals surface area contributed by atoms with Crippen molar-refractivity contribution in [3.05, 3.63) is 72.0 Å². The fraction of sp³-hybridized carbons (Fsp3) is 0.533. The number of sulfonamides is 1. The molecule has 4 heterocycles. The molecule has 3 aliphatic heterocycles. The van der Waals surface area contributed by atoms with Crippen molar-refractivity contribution < 1.29 is 46.5 Å². The summed E-state index contributed by atoms with van der Waals surface area (Å²) in [6.45, 7) is 7.17. The highest BCUT2D eigenvalue weighted by Crippen LogP contribution is 2.49. The first-order chi connectivity index (χ1) is 29.0. The number of ether oxygens (including phenoxy) is 4. The first-order valence-corrected chi connectivity index (χ1v) is 22.8. The predicted octanol–water partition coefficient (Wildman–Crippen LogP) is 5.36. The largest absolute Gasteiger partial charge is 0.497 e. The van der Waals surface area contributed by atoms with Crippen LogP contribution in [0.4, 0.5) is 4.79 Å². The highest BCUT2D eigenvalue weighted by atomic mass is 32.2. The van der Waals surface area contributed by atoms with Gasteiger partial charge in [0.15, 0.2) is 11.5 Å². The van der Waals surface area contributed by atoms with Crippen LogP contribution >= 0.6 is 0 Å². The van der Waals surface area contributed by atoms with Gasteiger partial charge in [0.2, 0.25) is 21.8 Å². The molecule has 8 rings (SSSR count). The number of hydrogen-bond acceptors (Lipinski definition) is 11. The summed E-state index contributed by atoms with van der Waals surface area (Å²) in [7, 11) is -2.32. The average molecular weight is 858 g/mol. The summed E-state index contributed by atoms with van der Waals surface area (Å²) < 4.78 is 52.4. The van der Waals surface area contributed by atoms with Crippen LogP contribution in [0.3, 0.4) is 0 Å². The summed E-state index contributed by atoms with van der Waals surface area (Å²) in [5, 5.41) is 5.05. The van der Waals surface area contributed by atoms with E-state index in [4.69, 9.17) is 23.9 Å². The van der Waals surface area contributed by atoms with E-state index in [2.05, 4.69) is 21.4 Å². The highest BCUT2D eigenvalue weighted by molar-refractivity contribution is 7.91. The first-order valence-electron chi connectivity index (χ1n) is 21.3. The molecule has 3 fully saturated rings. The number of rotatable bonds is 8. The van der Waals surface area contributed by atoms with E-state index >= 15 is 0 Å². The zero-order valence-electron chi connectivity index (χ0n) is 35.3. The van der Waals surface area contributed by atoms with Crippen LogP contribution in [0.2, 0.25) is 0 Å².